The summed E-state index contributed by atoms with van der Waals surface area (Å²) in [6.45, 7) is 10.8. The lowest BCUT2D eigenvalue weighted by Gasteiger charge is -2.28. The summed E-state index contributed by atoms with van der Waals surface area (Å²) in [5, 5.41) is 4.30. The standard InChI is InChI=1S/C29H29BrN4S/c1-17-12-18(2)14-23(13-17)33-20(4)16-24(21(33)5)28-27(26-8-6-7-11-31-26)32-29(35)34(28)22-9-10-25(30)19(3)15-22/h6-16,27-28H,1-5H3,(H,32,35)/t27-,28+/m0/s1. The number of aryl methyl sites for hydroxylation is 4. The van der Waals surface area contributed by atoms with E-state index in [0.717, 1.165) is 15.9 Å². The minimum Gasteiger partial charge on any atom is -0.351 e. The Morgan fingerprint density at radius 3 is 2.29 bits per heavy atom. The Balaban J connectivity index is 1.70. The summed E-state index contributed by atoms with van der Waals surface area (Å²) in [5.41, 5.74) is 10.6. The Kier molecular flexibility index (Phi) is 6.28. The molecule has 1 aliphatic heterocycles. The van der Waals surface area contributed by atoms with E-state index in [9.17, 15) is 0 Å². The van der Waals surface area contributed by atoms with Gasteiger partial charge < -0.3 is 14.8 Å². The van der Waals surface area contributed by atoms with E-state index in [2.05, 4.69) is 114 Å². The van der Waals surface area contributed by atoms with Crippen molar-refractivity contribution in [1.82, 2.24) is 14.9 Å². The number of nitrogens with zero attached hydrogens (tertiary/aromatic N) is 3. The summed E-state index contributed by atoms with van der Waals surface area (Å²) in [7, 11) is 0. The Hall–Kier alpha value is -2.96. The van der Waals surface area contributed by atoms with Gasteiger partial charge in [-0.05, 0) is 118 Å². The van der Waals surface area contributed by atoms with Crippen LogP contribution in [0.5, 0.6) is 0 Å². The fourth-order valence-electron chi connectivity index (χ4n) is 5.29. The summed E-state index contributed by atoms with van der Waals surface area (Å²) in [4.78, 5) is 6.96. The normalized spacial score (nSPS) is 17.7. The van der Waals surface area contributed by atoms with Crippen LogP contribution in [-0.4, -0.2) is 14.7 Å². The van der Waals surface area contributed by atoms with Gasteiger partial charge in [-0.1, -0.05) is 28.1 Å². The van der Waals surface area contributed by atoms with Gasteiger partial charge in [0.05, 0.1) is 17.8 Å². The van der Waals surface area contributed by atoms with E-state index < -0.39 is 0 Å². The number of nitrogens with one attached hydrogen (secondary N) is 1. The van der Waals surface area contributed by atoms with Crippen molar-refractivity contribution in [1.29, 1.82) is 0 Å². The maximum atomic E-state index is 5.93. The highest BCUT2D eigenvalue weighted by Crippen LogP contribution is 2.44. The third kappa shape index (κ3) is 4.30. The largest absolute Gasteiger partial charge is 0.351 e. The number of halogens is 1. The van der Waals surface area contributed by atoms with Crippen LogP contribution in [0.15, 0.2) is 71.3 Å². The van der Waals surface area contributed by atoms with Gasteiger partial charge >= 0.3 is 0 Å². The van der Waals surface area contributed by atoms with Gasteiger partial charge in [-0.3, -0.25) is 4.98 Å². The van der Waals surface area contributed by atoms with Crippen molar-refractivity contribution in [3.63, 3.8) is 0 Å². The number of benzene rings is 2. The van der Waals surface area contributed by atoms with Crippen LogP contribution >= 0.6 is 28.1 Å². The monoisotopic (exact) mass is 544 g/mol. The van der Waals surface area contributed by atoms with Crippen molar-refractivity contribution in [3.05, 3.63) is 111 Å². The quantitative estimate of drug-likeness (QED) is 0.272. The molecule has 0 spiro atoms. The molecule has 0 saturated carbocycles. The molecule has 5 rings (SSSR count). The van der Waals surface area contributed by atoms with Gasteiger partial charge in [-0.25, -0.2) is 0 Å². The lowest BCUT2D eigenvalue weighted by atomic mass is 9.96. The molecule has 0 unspecified atom stereocenters. The average Bonchev–Trinajstić information content (AvgIpc) is 3.31. The number of thiocarbonyl (C=S) groups is 1. The van der Waals surface area contributed by atoms with Gasteiger partial charge in [0.25, 0.3) is 0 Å². The number of pyridine rings is 1. The van der Waals surface area contributed by atoms with E-state index in [-0.39, 0.29) is 12.1 Å². The van der Waals surface area contributed by atoms with E-state index in [0.29, 0.717) is 5.11 Å². The zero-order chi connectivity index (χ0) is 24.9. The van der Waals surface area contributed by atoms with Crippen molar-refractivity contribution in [2.75, 3.05) is 4.90 Å². The molecule has 1 aliphatic rings. The number of hydrogen-bond donors (Lipinski definition) is 1. The van der Waals surface area contributed by atoms with Crippen molar-refractivity contribution in [3.8, 4) is 5.69 Å². The fraction of sp³-hybridized carbons (Fsp3) is 0.241. The van der Waals surface area contributed by atoms with Gasteiger partial charge in [-0.2, -0.15) is 0 Å². The first-order valence-electron chi connectivity index (χ1n) is 11.8. The Morgan fingerprint density at radius 2 is 1.63 bits per heavy atom. The summed E-state index contributed by atoms with van der Waals surface area (Å²) < 4.78 is 3.45. The zero-order valence-corrected chi connectivity index (χ0v) is 23.0. The fourth-order valence-corrected chi connectivity index (χ4v) is 5.88. The Labute approximate surface area is 221 Å². The maximum Gasteiger partial charge on any atom is 0.174 e. The van der Waals surface area contributed by atoms with E-state index in [1.807, 2.05) is 18.3 Å². The van der Waals surface area contributed by atoms with Crippen molar-refractivity contribution < 1.29 is 0 Å². The highest BCUT2D eigenvalue weighted by molar-refractivity contribution is 9.10. The molecule has 2 aromatic heterocycles. The van der Waals surface area contributed by atoms with Crippen molar-refractivity contribution in [2.45, 2.75) is 46.7 Å². The first-order chi connectivity index (χ1) is 16.7. The molecule has 178 valence electrons. The average molecular weight is 546 g/mol. The maximum absolute atomic E-state index is 5.93. The van der Waals surface area contributed by atoms with Crippen LogP contribution in [-0.2, 0) is 0 Å². The molecule has 1 fully saturated rings. The first kappa shape index (κ1) is 23.8. The topological polar surface area (TPSA) is 33.1 Å². The summed E-state index contributed by atoms with van der Waals surface area (Å²) >= 11 is 9.58. The lowest BCUT2D eigenvalue weighted by molar-refractivity contribution is 0.565. The highest BCUT2D eigenvalue weighted by Gasteiger charge is 2.42. The molecule has 2 aromatic carbocycles. The van der Waals surface area contributed by atoms with Crippen LogP contribution in [0.4, 0.5) is 5.69 Å². The molecule has 4 nitrogen and oxygen atoms in total. The van der Waals surface area contributed by atoms with Crippen LogP contribution in [0.3, 0.4) is 0 Å². The molecule has 4 aromatic rings. The van der Waals surface area contributed by atoms with Crippen LogP contribution in [0.2, 0.25) is 0 Å². The van der Waals surface area contributed by atoms with Crippen molar-refractivity contribution in [2.24, 2.45) is 0 Å². The minimum atomic E-state index is -0.0687. The molecule has 1 N–H and O–H groups in total. The van der Waals surface area contributed by atoms with Gasteiger partial charge in [0, 0.05) is 33.4 Å². The van der Waals surface area contributed by atoms with E-state index in [4.69, 9.17) is 17.2 Å². The second-order valence-corrected chi connectivity index (χ2v) is 10.7. The third-order valence-corrected chi connectivity index (χ3v) is 7.98. The minimum absolute atomic E-state index is 0.0381. The summed E-state index contributed by atoms with van der Waals surface area (Å²) in [5.74, 6) is 0. The van der Waals surface area contributed by atoms with E-state index in [1.54, 1.807) is 0 Å². The zero-order valence-electron chi connectivity index (χ0n) is 20.6. The van der Waals surface area contributed by atoms with Crippen molar-refractivity contribution >= 4 is 38.9 Å². The predicted octanol–water partition coefficient (Wildman–Crippen LogP) is 7.35. The molecule has 2 atom stereocenters. The second-order valence-electron chi connectivity index (χ2n) is 9.44. The third-order valence-electron chi connectivity index (χ3n) is 6.77. The number of anilines is 1. The van der Waals surface area contributed by atoms with Crippen LogP contribution in [0, 0.1) is 34.6 Å². The van der Waals surface area contributed by atoms with E-state index >= 15 is 0 Å². The number of hydrogen-bond acceptors (Lipinski definition) is 2. The van der Waals surface area contributed by atoms with Gasteiger partial charge in [0.2, 0.25) is 0 Å². The van der Waals surface area contributed by atoms with E-state index in [1.165, 1.54) is 39.3 Å². The molecule has 0 aliphatic carbocycles. The molecular formula is C29H29BrN4S. The molecule has 0 bridgehead atoms. The lowest BCUT2D eigenvalue weighted by Crippen LogP contribution is -2.29. The second kappa shape index (κ2) is 9.25. The molecule has 0 amide bonds. The molecule has 0 radical (unpaired) electrons. The molecule has 3 heterocycles. The molecule has 35 heavy (non-hydrogen) atoms. The Morgan fingerprint density at radius 1 is 0.886 bits per heavy atom. The predicted molar refractivity (Wildman–Crippen MR) is 152 cm³/mol. The molecular weight excluding hydrogens is 516 g/mol. The van der Waals surface area contributed by atoms with Crippen LogP contribution in [0.1, 0.15) is 51.4 Å². The van der Waals surface area contributed by atoms with Gasteiger partial charge in [0.15, 0.2) is 5.11 Å². The van der Waals surface area contributed by atoms with Gasteiger partial charge in [0.1, 0.15) is 0 Å². The number of rotatable bonds is 4. The smallest absolute Gasteiger partial charge is 0.174 e. The van der Waals surface area contributed by atoms with Gasteiger partial charge in [-0.15, -0.1) is 0 Å². The summed E-state index contributed by atoms with van der Waals surface area (Å²) in [6.07, 6.45) is 1.85. The summed E-state index contributed by atoms with van der Waals surface area (Å²) in [6, 6.07) is 21.4. The SMILES string of the molecule is Cc1cc(C)cc(-n2c(C)cc([C@@H]3[C@H](c4ccccn4)NC(=S)N3c3ccc(Br)c(C)c3)c2C)c1. The first-order valence-corrected chi connectivity index (χ1v) is 13.0. The highest BCUT2D eigenvalue weighted by atomic mass is 79.9. The molecule has 6 heteroatoms. The van der Waals surface area contributed by atoms with Crippen LogP contribution < -0.4 is 10.2 Å². The Bertz CT molecular complexity index is 1410. The number of aromatic nitrogens is 2. The van der Waals surface area contributed by atoms with Crippen LogP contribution in [0.25, 0.3) is 5.69 Å². The molecule has 1 saturated heterocycles.